The van der Waals surface area contributed by atoms with E-state index in [9.17, 15) is 22.4 Å². The van der Waals surface area contributed by atoms with Crippen molar-refractivity contribution >= 4 is 45.2 Å². The molecule has 1 heterocycles. The summed E-state index contributed by atoms with van der Waals surface area (Å²) in [5.74, 6) is -0.593. The molecule has 1 atom stereocenters. The smallest absolute Gasteiger partial charge is 0.255 e. The Labute approximate surface area is 180 Å². The van der Waals surface area contributed by atoms with Crippen LogP contribution in [-0.2, 0) is 14.8 Å². The number of rotatable bonds is 8. The highest BCUT2D eigenvalue weighted by Crippen LogP contribution is 2.20. The van der Waals surface area contributed by atoms with Crippen LogP contribution in [0, 0.1) is 5.82 Å². The van der Waals surface area contributed by atoms with Crippen LogP contribution in [0.5, 0.6) is 0 Å². The average Bonchev–Trinajstić information content (AvgIpc) is 2.70. The minimum Gasteiger partial charge on any atom is -0.338 e. The van der Waals surface area contributed by atoms with Gasteiger partial charge in [-0.25, -0.2) is 17.5 Å². The van der Waals surface area contributed by atoms with Crippen molar-refractivity contribution in [1.82, 2.24) is 14.5 Å². The summed E-state index contributed by atoms with van der Waals surface area (Å²) in [5.41, 5.74) is 0.210. The van der Waals surface area contributed by atoms with Gasteiger partial charge in [-0.15, -0.1) is 0 Å². The Hall–Kier alpha value is -1.36. The molecule has 0 radical (unpaired) electrons. The van der Waals surface area contributed by atoms with Crippen molar-refractivity contribution in [3.63, 3.8) is 0 Å². The zero-order valence-electron chi connectivity index (χ0n) is 16.4. The lowest BCUT2D eigenvalue weighted by atomic mass is 10.1. The number of thioether (sulfide) groups is 1. The molecule has 1 aliphatic rings. The Balaban J connectivity index is 2.01. The Morgan fingerprint density at radius 1 is 1.24 bits per heavy atom. The van der Waals surface area contributed by atoms with Crippen LogP contribution in [0.25, 0.3) is 0 Å². The molecule has 7 nitrogen and oxygen atoms in total. The van der Waals surface area contributed by atoms with Crippen LogP contribution in [-0.4, -0.2) is 80.0 Å². The van der Waals surface area contributed by atoms with Crippen molar-refractivity contribution in [2.75, 3.05) is 43.9 Å². The number of benzene rings is 1. The summed E-state index contributed by atoms with van der Waals surface area (Å²) in [5, 5.41) is 0.0413. The first-order valence-electron chi connectivity index (χ1n) is 9.20. The highest BCUT2D eigenvalue weighted by atomic mass is 35.5. The van der Waals surface area contributed by atoms with Gasteiger partial charge in [-0.1, -0.05) is 11.6 Å². The second-order valence-corrected chi connectivity index (χ2v) is 10.0. The van der Waals surface area contributed by atoms with E-state index in [2.05, 4.69) is 4.72 Å². The SMILES string of the molecule is CCS(=O)(=O)NC(CCSC)C(=O)N1CCN(C(=O)c2ccc(F)cc2Cl)CC1. The van der Waals surface area contributed by atoms with E-state index in [0.29, 0.717) is 12.2 Å². The molecule has 11 heteroatoms. The first-order chi connectivity index (χ1) is 13.7. The van der Waals surface area contributed by atoms with Gasteiger partial charge in [-0.2, -0.15) is 11.8 Å². The van der Waals surface area contributed by atoms with E-state index in [0.717, 1.165) is 6.07 Å². The largest absolute Gasteiger partial charge is 0.338 e. The maximum atomic E-state index is 13.2. The van der Waals surface area contributed by atoms with Gasteiger partial charge in [0.1, 0.15) is 11.9 Å². The van der Waals surface area contributed by atoms with Gasteiger partial charge in [0.25, 0.3) is 5.91 Å². The van der Waals surface area contributed by atoms with Crippen molar-refractivity contribution in [2.45, 2.75) is 19.4 Å². The van der Waals surface area contributed by atoms with Gasteiger partial charge in [0.15, 0.2) is 0 Å². The molecule has 0 saturated carbocycles. The fraction of sp³-hybridized carbons (Fsp3) is 0.556. The minimum atomic E-state index is -3.52. The van der Waals surface area contributed by atoms with Gasteiger partial charge >= 0.3 is 0 Å². The highest BCUT2D eigenvalue weighted by molar-refractivity contribution is 7.98. The number of nitrogens with zero attached hydrogens (tertiary/aromatic N) is 2. The number of hydrogen-bond donors (Lipinski definition) is 1. The van der Waals surface area contributed by atoms with Gasteiger partial charge in [-0.3, -0.25) is 9.59 Å². The zero-order chi connectivity index (χ0) is 21.6. The van der Waals surface area contributed by atoms with Gasteiger partial charge in [-0.05, 0) is 43.6 Å². The molecule has 1 aromatic rings. The molecule has 29 heavy (non-hydrogen) atoms. The highest BCUT2D eigenvalue weighted by Gasteiger charge is 2.31. The molecule has 0 aromatic heterocycles. The Morgan fingerprint density at radius 2 is 1.86 bits per heavy atom. The maximum absolute atomic E-state index is 13.2. The third-order valence-electron chi connectivity index (χ3n) is 4.65. The first-order valence-corrected chi connectivity index (χ1v) is 12.6. The van der Waals surface area contributed by atoms with E-state index >= 15 is 0 Å². The van der Waals surface area contributed by atoms with Crippen LogP contribution in [0.1, 0.15) is 23.7 Å². The minimum absolute atomic E-state index is 0.0413. The summed E-state index contributed by atoms with van der Waals surface area (Å²) >= 11 is 7.50. The lowest BCUT2D eigenvalue weighted by Gasteiger charge is -2.36. The van der Waals surface area contributed by atoms with E-state index in [4.69, 9.17) is 11.6 Å². The van der Waals surface area contributed by atoms with Gasteiger partial charge in [0, 0.05) is 26.2 Å². The van der Waals surface area contributed by atoms with E-state index < -0.39 is 21.9 Å². The molecule has 1 aliphatic heterocycles. The molecule has 0 aliphatic carbocycles. The number of carbonyl (C=O) groups excluding carboxylic acids is 2. The molecule has 0 bridgehead atoms. The van der Waals surface area contributed by atoms with Crippen molar-refractivity contribution in [2.24, 2.45) is 0 Å². The Kier molecular flexibility index (Phi) is 8.74. The molecule has 1 N–H and O–H groups in total. The number of carbonyl (C=O) groups is 2. The van der Waals surface area contributed by atoms with Crippen LogP contribution in [0.15, 0.2) is 18.2 Å². The number of nitrogens with one attached hydrogen (secondary N) is 1. The number of halogens is 2. The summed E-state index contributed by atoms with van der Waals surface area (Å²) in [6, 6.07) is 2.79. The molecule has 1 unspecified atom stereocenters. The quantitative estimate of drug-likeness (QED) is 0.633. The van der Waals surface area contributed by atoms with Crippen LogP contribution < -0.4 is 4.72 Å². The monoisotopic (exact) mass is 465 g/mol. The van der Waals surface area contributed by atoms with Crippen molar-refractivity contribution in [3.8, 4) is 0 Å². The van der Waals surface area contributed by atoms with E-state index in [1.807, 2.05) is 6.26 Å². The van der Waals surface area contributed by atoms with Crippen LogP contribution in [0.4, 0.5) is 4.39 Å². The van der Waals surface area contributed by atoms with Crippen LogP contribution >= 0.6 is 23.4 Å². The summed E-state index contributed by atoms with van der Waals surface area (Å²) in [7, 11) is -3.52. The van der Waals surface area contributed by atoms with Crippen LogP contribution in [0.3, 0.4) is 0 Å². The number of sulfonamides is 1. The fourth-order valence-electron chi connectivity index (χ4n) is 2.95. The van der Waals surface area contributed by atoms with Gasteiger partial charge < -0.3 is 9.80 Å². The zero-order valence-corrected chi connectivity index (χ0v) is 18.7. The average molecular weight is 466 g/mol. The molecule has 1 saturated heterocycles. The predicted octanol–water partition coefficient (Wildman–Crippen LogP) is 1.82. The van der Waals surface area contributed by atoms with E-state index in [1.165, 1.54) is 30.8 Å². The lowest BCUT2D eigenvalue weighted by molar-refractivity contribution is -0.134. The van der Waals surface area contributed by atoms with E-state index in [-0.39, 0.29) is 54.3 Å². The third kappa shape index (κ3) is 6.56. The maximum Gasteiger partial charge on any atom is 0.255 e. The molecular formula is C18H25ClFN3O4S2. The molecule has 162 valence electrons. The third-order valence-corrected chi connectivity index (χ3v) is 7.01. The Morgan fingerprint density at radius 3 is 2.41 bits per heavy atom. The molecule has 2 rings (SSSR count). The van der Waals surface area contributed by atoms with Gasteiger partial charge in [0.05, 0.1) is 16.3 Å². The second kappa shape index (κ2) is 10.6. The predicted molar refractivity (Wildman–Crippen MR) is 113 cm³/mol. The molecule has 0 spiro atoms. The summed E-state index contributed by atoms with van der Waals surface area (Å²) in [6.07, 6.45) is 2.28. The van der Waals surface area contributed by atoms with E-state index in [1.54, 1.807) is 9.80 Å². The summed E-state index contributed by atoms with van der Waals surface area (Å²) in [4.78, 5) is 28.6. The standard InChI is InChI=1S/C18H25ClFN3O4S2/c1-3-29(26,27)21-16(6-11-28-2)18(25)23-9-7-22(8-10-23)17(24)14-5-4-13(20)12-15(14)19/h4-5,12,16,21H,3,6-11H2,1-2H3. The second-order valence-electron chi connectivity index (χ2n) is 6.60. The molecular weight excluding hydrogens is 441 g/mol. The normalized spacial score (nSPS) is 16.0. The number of piperazine rings is 1. The lowest BCUT2D eigenvalue weighted by Crippen LogP contribution is -2.56. The number of hydrogen-bond acceptors (Lipinski definition) is 5. The summed E-state index contributed by atoms with van der Waals surface area (Å²) in [6.45, 7) is 2.66. The van der Waals surface area contributed by atoms with Crippen molar-refractivity contribution < 1.29 is 22.4 Å². The molecule has 1 aromatic carbocycles. The van der Waals surface area contributed by atoms with Crippen molar-refractivity contribution in [3.05, 3.63) is 34.6 Å². The number of amides is 2. The van der Waals surface area contributed by atoms with Crippen LogP contribution in [0.2, 0.25) is 5.02 Å². The topological polar surface area (TPSA) is 86.8 Å². The molecule has 1 fully saturated rings. The fourth-order valence-corrected chi connectivity index (χ4v) is 4.49. The Bertz CT molecular complexity index is 846. The first kappa shape index (κ1) is 23.9. The van der Waals surface area contributed by atoms with Crippen molar-refractivity contribution in [1.29, 1.82) is 0 Å². The summed E-state index contributed by atoms with van der Waals surface area (Å²) < 4.78 is 39.5. The molecule has 2 amide bonds. The van der Waals surface area contributed by atoms with Gasteiger partial charge in [0.2, 0.25) is 15.9 Å².